The third kappa shape index (κ3) is 4.67. The Balaban J connectivity index is 1.27. The van der Waals surface area contributed by atoms with Gasteiger partial charge >= 0.3 is 6.03 Å². The van der Waals surface area contributed by atoms with E-state index in [4.69, 9.17) is 0 Å². The fraction of sp³-hybridized carbons (Fsp3) is 0.632. The third-order valence-corrected chi connectivity index (χ3v) is 6.14. The smallest absolute Gasteiger partial charge is 0.317 e. The molecule has 1 aromatic carbocycles. The first-order valence-electron chi connectivity index (χ1n) is 9.14. The molecule has 0 saturated carbocycles. The van der Waals surface area contributed by atoms with E-state index in [1.54, 1.807) is 0 Å². The van der Waals surface area contributed by atoms with Crippen LogP contribution in [0.4, 0.5) is 4.79 Å². The molecule has 0 radical (unpaired) electrons. The Morgan fingerprint density at radius 3 is 2.79 bits per heavy atom. The van der Waals surface area contributed by atoms with Crippen LogP contribution >= 0.6 is 11.8 Å². The summed E-state index contributed by atoms with van der Waals surface area (Å²) in [7, 11) is 0. The van der Waals surface area contributed by atoms with Crippen molar-refractivity contribution in [1.29, 1.82) is 0 Å². The quantitative estimate of drug-likeness (QED) is 0.803. The number of nitrogens with one attached hydrogen (secondary N) is 1. The molecule has 2 amide bonds. The number of nitrogens with zero attached hydrogens (tertiary/aromatic N) is 2. The van der Waals surface area contributed by atoms with Crippen LogP contribution in [0.15, 0.2) is 30.3 Å². The first-order chi connectivity index (χ1) is 11.7. The minimum absolute atomic E-state index is 0.108. The van der Waals surface area contributed by atoms with Crippen molar-refractivity contribution in [2.45, 2.75) is 44.0 Å². The van der Waals surface area contributed by atoms with Gasteiger partial charge in [0.2, 0.25) is 0 Å². The van der Waals surface area contributed by atoms with Gasteiger partial charge in [0, 0.05) is 43.2 Å². The number of benzene rings is 1. The lowest BCUT2D eigenvalue weighted by Gasteiger charge is -2.49. The molecular formula is C19H29N3OS. The highest BCUT2D eigenvalue weighted by Crippen LogP contribution is 2.24. The fourth-order valence-corrected chi connectivity index (χ4v) is 4.42. The van der Waals surface area contributed by atoms with Crippen molar-refractivity contribution in [3.63, 3.8) is 0 Å². The molecule has 2 aliphatic rings. The molecule has 2 saturated heterocycles. The molecule has 0 spiro atoms. The summed E-state index contributed by atoms with van der Waals surface area (Å²) < 4.78 is 0. The highest BCUT2D eigenvalue weighted by Gasteiger charge is 2.37. The maximum absolute atomic E-state index is 12.2. The molecule has 0 aliphatic carbocycles. The monoisotopic (exact) mass is 347 g/mol. The maximum atomic E-state index is 12.2. The lowest BCUT2D eigenvalue weighted by molar-refractivity contribution is 0.0171. The molecule has 1 atom stereocenters. The third-order valence-electron chi connectivity index (χ3n) is 5.11. The molecule has 2 aliphatic heterocycles. The number of likely N-dealkylation sites (tertiary alicyclic amines) is 2. The molecule has 1 aromatic rings. The highest BCUT2D eigenvalue weighted by atomic mass is 32.2. The van der Waals surface area contributed by atoms with Crippen LogP contribution in [0, 0.1) is 0 Å². The molecule has 5 heteroatoms. The summed E-state index contributed by atoms with van der Waals surface area (Å²) in [6.07, 6.45) is 3.97. The summed E-state index contributed by atoms with van der Waals surface area (Å²) in [6, 6.07) is 11.8. The molecule has 4 nitrogen and oxygen atoms in total. The second-order valence-corrected chi connectivity index (χ2v) is 8.02. The summed E-state index contributed by atoms with van der Waals surface area (Å²) in [5, 5.41) is 3.05. The van der Waals surface area contributed by atoms with Crippen LogP contribution in [0.5, 0.6) is 0 Å². The Hall–Kier alpha value is -1.20. The largest absolute Gasteiger partial charge is 0.337 e. The van der Waals surface area contributed by atoms with E-state index in [2.05, 4.69) is 41.4 Å². The van der Waals surface area contributed by atoms with Crippen LogP contribution < -0.4 is 5.32 Å². The summed E-state index contributed by atoms with van der Waals surface area (Å²) in [5.74, 6) is 1.97. The molecule has 3 rings (SSSR count). The molecule has 24 heavy (non-hydrogen) atoms. The average Bonchev–Trinajstić information content (AvgIpc) is 2.56. The minimum Gasteiger partial charge on any atom is -0.337 e. The zero-order chi connectivity index (χ0) is 16.8. The van der Waals surface area contributed by atoms with Gasteiger partial charge in [0.1, 0.15) is 0 Å². The molecular weight excluding hydrogens is 318 g/mol. The standard InChI is InChI=1S/C19H29N3OS/c1-16-7-5-6-11-22(16)18-13-21(14-18)19(23)20-10-12-24-15-17-8-3-2-4-9-17/h2-4,8-9,16,18H,5-7,10-15H2,1H3,(H,20,23)/t16-/m1/s1. The van der Waals surface area contributed by atoms with Gasteiger partial charge in [-0.05, 0) is 31.9 Å². The summed E-state index contributed by atoms with van der Waals surface area (Å²) >= 11 is 1.87. The van der Waals surface area contributed by atoms with Gasteiger partial charge in [-0.2, -0.15) is 11.8 Å². The van der Waals surface area contributed by atoms with E-state index in [9.17, 15) is 4.79 Å². The van der Waals surface area contributed by atoms with Gasteiger partial charge in [0.15, 0.2) is 0 Å². The Morgan fingerprint density at radius 1 is 1.25 bits per heavy atom. The predicted molar refractivity (Wildman–Crippen MR) is 101 cm³/mol. The van der Waals surface area contributed by atoms with Crippen LogP contribution in [0.25, 0.3) is 0 Å². The molecule has 2 heterocycles. The van der Waals surface area contributed by atoms with Crippen molar-refractivity contribution in [2.75, 3.05) is 31.9 Å². The van der Waals surface area contributed by atoms with Gasteiger partial charge < -0.3 is 10.2 Å². The molecule has 1 N–H and O–H groups in total. The van der Waals surface area contributed by atoms with Crippen molar-refractivity contribution in [3.05, 3.63) is 35.9 Å². The summed E-state index contributed by atoms with van der Waals surface area (Å²) in [6.45, 7) is 6.07. The molecule has 0 bridgehead atoms. The van der Waals surface area contributed by atoms with Gasteiger partial charge in [-0.1, -0.05) is 36.8 Å². The lowest BCUT2D eigenvalue weighted by atomic mass is 9.98. The van der Waals surface area contributed by atoms with E-state index >= 15 is 0 Å². The van der Waals surface area contributed by atoms with Crippen molar-refractivity contribution in [2.24, 2.45) is 0 Å². The first kappa shape index (κ1) is 17.6. The van der Waals surface area contributed by atoms with Gasteiger partial charge in [0.05, 0.1) is 0 Å². The number of hydrogen-bond donors (Lipinski definition) is 1. The maximum Gasteiger partial charge on any atom is 0.317 e. The van der Waals surface area contributed by atoms with Gasteiger partial charge in [-0.3, -0.25) is 4.90 Å². The van der Waals surface area contributed by atoms with E-state index in [1.165, 1.54) is 31.4 Å². The number of piperidine rings is 1. The van der Waals surface area contributed by atoms with Crippen molar-refractivity contribution >= 4 is 17.8 Å². The Kier molecular flexibility index (Phi) is 6.44. The predicted octanol–water partition coefficient (Wildman–Crippen LogP) is 3.19. The van der Waals surface area contributed by atoms with E-state index < -0.39 is 0 Å². The summed E-state index contributed by atoms with van der Waals surface area (Å²) in [4.78, 5) is 16.7. The molecule has 132 valence electrons. The van der Waals surface area contributed by atoms with E-state index in [1.807, 2.05) is 22.7 Å². The zero-order valence-electron chi connectivity index (χ0n) is 14.6. The topological polar surface area (TPSA) is 35.6 Å². The number of hydrogen-bond acceptors (Lipinski definition) is 3. The highest BCUT2D eigenvalue weighted by molar-refractivity contribution is 7.98. The molecule has 0 aromatic heterocycles. The summed E-state index contributed by atoms with van der Waals surface area (Å²) in [5.41, 5.74) is 1.34. The number of thioether (sulfide) groups is 1. The lowest BCUT2D eigenvalue weighted by Crippen LogP contribution is -2.65. The van der Waals surface area contributed by atoms with Crippen molar-refractivity contribution in [1.82, 2.24) is 15.1 Å². The van der Waals surface area contributed by atoms with Gasteiger partial charge in [-0.15, -0.1) is 0 Å². The number of amides is 2. The van der Waals surface area contributed by atoms with Crippen molar-refractivity contribution in [3.8, 4) is 0 Å². The van der Waals surface area contributed by atoms with Crippen molar-refractivity contribution < 1.29 is 4.79 Å². The number of carbonyl (C=O) groups is 1. The average molecular weight is 348 g/mol. The zero-order valence-corrected chi connectivity index (χ0v) is 15.4. The van der Waals surface area contributed by atoms with Gasteiger partial charge in [0.25, 0.3) is 0 Å². The van der Waals surface area contributed by atoms with Crippen LogP contribution in [0.1, 0.15) is 31.7 Å². The van der Waals surface area contributed by atoms with Gasteiger partial charge in [-0.25, -0.2) is 4.79 Å². The second kappa shape index (κ2) is 8.77. The van der Waals surface area contributed by atoms with Crippen LogP contribution in [-0.2, 0) is 5.75 Å². The Labute approximate surface area is 150 Å². The number of urea groups is 1. The normalized spacial score (nSPS) is 22.2. The minimum atomic E-state index is 0.108. The van der Waals surface area contributed by atoms with Crippen LogP contribution in [0.3, 0.4) is 0 Å². The Morgan fingerprint density at radius 2 is 2.04 bits per heavy atom. The molecule has 0 unspecified atom stereocenters. The SMILES string of the molecule is C[C@@H]1CCCCN1C1CN(C(=O)NCCSCc2ccccc2)C1. The van der Waals surface area contributed by atoms with E-state index in [0.29, 0.717) is 12.1 Å². The van der Waals surface area contributed by atoms with E-state index in [-0.39, 0.29) is 6.03 Å². The number of carbonyl (C=O) groups excluding carboxylic acids is 1. The van der Waals surface area contributed by atoms with Crippen LogP contribution in [0.2, 0.25) is 0 Å². The molecule has 2 fully saturated rings. The second-order valence-electron chi connectivity index (χ2n) is 6.91. The number of rotatable bonds is 6. The Bertz CT molecular complexity index is 519. The fourth-order valence-electron chi connectivity index (χ4n) is 3.60. The van der Waals surface area contributed by atoms with E-state index in [0.717, 1.165) is 31.1 Å². The van der Waals surface area contributed by atoms with Crippen LogP contribution in [-0.4, -0.2) is 59.8 Å². The first-order valence-corrected chi connectivity index (χ1v) is 10.3.